The second-order valence-electron chi connectivity index (χ2n) is 4.31. The number of nitrogens with two attached hydrogens (primary N) is 1. The number of fused-ring (bicyclic) bond motifs is 1. The topological polar surface area (TPSA) is 70.3 Å². The third-order valence-corrected chi connectivity index (χ3v) is 3.73. The van der Waals surface area contributed by atoms with Crippen LogP contribution in [0.5, 0.6) is 11.5 Å². The minimum Gasteiger partial charge on any atom is -0.486 e. The molecule has 0 aliphatic carbocycles. The molecular formula is C14H15N3O2S. The van der Waals surface area contributed by atoms with Crippen molar-refractivity contribution >= 4 is 17.6 Å². The molecule has 0 atom stereocenters. The van der Waals surface area contributed by atoms with Crippen molar-refractivity contribution in [3.63, 3.8) is 0 Å². The van der Waals surface area contributed by atoms with Crippen molar-refractivity contribution in [3.05, 3.63) is 30.1 Å². The first-order valence-electron chi connectivity index (χ1n) is 6.45. The van der Waals surface area contributed by atoms with E-state index in [0.29, 0.717) is 19.0 Å². The molecule has 0 radical (unpaired) electrons. The normalized spacial score (nSPS) is 13.2. The van der Waals surface area contributed by atoms with Gasteiger partial charge < -0.3 is 15.2 Å². The highest BCUT2D eigenvalue weighted by Gasteiger charge is 2.12. The standard InChI is InChI=1S/C14H15N3O2S/c1-2-13-16-12(15)8-14(17-13)20-9-3-4-10-11(7-9)19-6-5-18-10/h3-4,7-8H,2,5-6H2,1H3,(H2,15,16,17). The third-order valence-electron chi connectivity index (χ3n) is 2.82. The van der Waals surface area contributed by atoms with E-state index in [1.807, 2.05) is 25.1 Å². The molecule has 0 bridgehead atoms. The second-order valence-corrected chi connectivity index (χ2v) is 5.40. The van der Waals surface area contributed by atoms with Gasteiger partial charge in [0.15, 0.2) is 11.5 Å². The molecule has 2 heterocycles. The fourth-order valence-corrected chi connectivity index (χ4v) is 2.78. The van der Waals surface area contributed by atoms with Gasteiger partial charge in [0.05, 0.1) is 0 Å². The number of benzene rings is 1. The summed E-state index contributed by atoms with van der Waals surface area (Å²) in [6.07, 6.45) is 0.764. The Morgan fingerprint density at radius 3 is 2.75 bits per heavy atom. The maximum absolute atomic E-state index is 5.79. The summed E-state index contributed by atoms with van der Waals surface area (Å²) in [6.45, 7) is 3.19. The average Bonchev–Trinajstić information content (AvgIpc) is 2.46. The van der Waals surface area contributed by atoms with E-state index in [1.54, 1.807) is 6.07 Å². The van der Waals surface area contributed by atoms with Crippen molar-refractivity contribution in [3.8, 4) is 11.5 Å². The molecule has 0 fully saturated rings. The Balaban J connectivity index is 1.85. The lowest BCUT2D eigenvalue weighted by Crippen LogP contribution is -2.15. The Morgan fingerprint density at radius 2 is 1.95 bits per heavy atom. The first-order valence-corrected chi connectivity index (χ1v) is 7.27. The van der Waals surface area contributed by atoms with Crippen molar-refractivity contribution < 1.29 is 9.47 Å². The summed E-state index contributed by atoms with van der Waals surface area (Å²) < 4.78 is 11.1. The van der Waals surface area contributed by atoms with Gasteiger partial charge in [-0.2, -0.15) is 0 Å². The van der Waals surface area contributed by atoms with Gasteiger partial charge in [-0.1, -0.05) is 18.7 Å². The number of aromatic nitrogens is 2. The van der Waals surface area contributed by atoms with E-state index in [4.69, 9.17) is 15.2 Å². The van der Waals surface area contributed by atoms with Crippen LogP contribution in [0.25, 0.3) is 0 Å². The van der Waals surface area contributed by atoms with Gasteiger partial charge in [-0.15, -0.1) is 0 Å². The van der Waals surface area contributed by atoms with Crippen LogP contribution in [0.4, 0.5) is 5.82 Å². The van der Waals surface area contributed by atoms with Crippen LogP contribution < -0.4 is 15.2 Å². The van der Waals surface area contributed by atoms with Gasteiger partial charge in [-0.25, -0.2) is 9.97 Å². The number of aryl methyl sites for hydroxylation is 1. The molecule has 3 rings (SSSR count). The van der Waals surface area contributed by atoms with Crippen LogP contribution in [0.1, 0.15) is 12.7 Å². The van der Waals surface area contributed by atoms with Crippen LogP contribution in [-0.2, 0) is 6.42 Å². The van der Waals surface area contributed by atoms with Crippen molar-refractivity contribution in [2.45, 2.75) is 23.3 Å². The van der Waals surface area contributed by atoms with Gasteiger partial charge in [0.25, 0.3) is 0 Å². The highest BCUT2D eigenvalue weighted by atomic mass is 32.2. The molecule has 0 saturated carbocycles. The molecule has 6 heteroatoms. The number of anilines is 1. The molecule has 0 unspecified atom stereocenters. The monoisotopic (exact) mass is 289 g/mol. The number of ether oxygens (including phenoxy) is 2. The van der Waals surface area contributed by atoms with Crippen molar-refractivity contribution in [2.24, 2.45) is 0 Å². The summed E-state index contributed by atoms with van der Waals surface area (Å²) in [5.74, 6) is 2.82. The Kier molecular flexibility index (Phi) is 3.64. The molecule has 1 aliphatic rings. The summed E-state index contributed by atoms with van der Waals surface area (Å²) in [5, 5.41) is 0.839. The lowest BCUT2D eigenvalue weighted by Gasteiger charge is -2.18. The van der Waals surface area contributed by atoms with Crippen molar-refractivity contribution in [2.75, 3.05) is 18.9 Å². The Morgan fingerprint density at radius 1 is 1.15 bits per heavy atom. The SMILES string of the molecule is CCc1nc(N)cc(Sc2ccc3c(c2)OCCO3)n1. The number of nitrogen functional groups attached to an aromatic ring is 1. The number of hydrogen-bond acceptors (Lipinski definition) is 6. The van der Waals surface area contributed by atoms with E-state index in [-0.39, 0.29) is 0 Å². The number of nitrogens with zero attached hydrogens (tertiary/aromatic N) is 2. The predicted octanol–water partition coefficient (Wildman–Crippen LogP) is 2.54. The van der Waals surface area contributed by atoms with Crippen LogP contribution in [0.2, 0.25) is 0 Å². The smallest absolute Gasteiger partial charge is 0.162 e. The largest absolute Gasteiger partial charge is 0.486 e. The van der Waals surface area contributed by atoms with Gasteiger partial charge in [0.2, 0.25) is 0 Å². The molecular weight excluding hydrogens is 274 g/mol. The van der Waals surface area contributed by atoms with Gasteiger partial charge in [-0.3, -0.25) is 0 Å². The zero-order chi connectivity index (χ0) is 13.9. The van der Waals surface area contributed by atoms with Gasteiger partial charge in [0, 0.05) is 17.4 Å². The molecule has 0 saturated heterocycles. The quantitative estimate of drug-likeness (QED) is 0.876. The molecule has 2 aromatic rings. The highest BCUT2D eigenvalue weighted by Crippen LogP contribution is 2.36. The van der Waals surface area contributed by atoms with Crippen LogP contribution in [-0.4, -0.2) is 23.2 Å². The maximum Gasteiger partial charge on any atom is 0.162 e. The highest BCUT2D eigenvalue weighted by molar-refractivity contribution is 7.99. The van der Waals surface area contributed by atoms with Crippen LogP contribution in [0.15, 0.2) is 34.2 Å². The van der Waals surface area contributed by atoms with E-state index in [2.05, 4.69) is 9.97 Å². The maximum atomic E-state index is 5.79. The van der Waals surface area contributed by atoms with Crippen LogP contribution >= 0.6 is 11.8 Å². The fourth-order valence-electron chi connectivity index (χ4n) is 1.91. The molecule has 1 aromatic carbocycles. The number of rotatable bonds is 3. The zero-order valence-corrected chi connectivity index (χ0v) is 11.9. The van der Waals surface area contributed by atoms with Crippen LogP contribution in [0.3, 0.4) is 0 Å². The van der Waals surface area contributed by atoms with E-state index in [0.717, 1.165) is 33.7 Å². The van der Waals surface area contributed by atoms with Gasteiger partial charge in [-0.05, 0) is 18.2 Å². The second kappa shape index (κ2) is 5.58. The van der Waals surface area contributed by atoms with Gasteiger partial charge >= 0.3 is 0 Å². The first kappa shape index (κ1) is 13.1. The minimum absolute atomic E-state index is 0.497. The molecule has 5 nitrogen and oxygen atoms in total. The summed E-state index contributed by atoms with van der Waals surface area (Å²) >= 11 is 1.54. The summed E-state index contributed by atoms with van der Waals surface area (Å²) in [4.78, 5) is 9.67. The van der Waals surface area contributed by atoms with Crippen LogP contribution in [0, 0.1) is 0 Å². The fraction of sp³-hybridized carbons (Fsp3) is 0.286. The lowest BCUT2D eigenvalue weighted by molar-refractivity contribution is 0.171. The average molecular weight is 289 g/mol. The van der Waals surface area contributed by atoms with E-state index >= 15 is 0 Å². The third kappa shape index (κ3) is 2.80. The Bertz CT molecular complexity index is 634. The summed E-state index contributed by atoms with van der Waals surface area (Å²) in [7, 11) is 0. The Hall–Kier alpha value is -1.95. The summed E-state index contributed by atoms with van der Waals surface area (Å²) in [5.41, 5.74) is 5.79. The predicted molar refractivity (Wildman–Crippen MR) is 77.4 cm³/mol. The zero-order valence-electron chi connectivity index (χ0n) is 11.1. The molecule has 1 aliphatic heterocycles. The Labute approximate surface area is 121 Å². The van der Waals surface area contributed by atoms with E-state index < -0.39 is 0 Å². The van der Waals surface area contributed by atoms with Gasteiger partial charge in [0.1, 0.15) is 29.9 Å². The van der Waals surface area contributed by atoms with Crippen molar-refractivity contribution in [1.29, 1.82) is 0 Å². The van der Waals surface area contributed by atoms with Crippen molar-refractivity contribution in [1.82, 2.24) is 9.97 Å². The molecule has 2 N–H and O–H groups in total. The summed E-state index contributed by atoms with van der Waals surface area (Å²) in [6, 6.07) is 7.65. The minimum atomic E-state index is 0.497. The first-order chi connectivity index (χ1) is 9.74. The molecule has 104 valence electrons. The molecule has 1 aromatic heterocycles. The van der Waals surface area contributed by atoms with E-state index in [1.165, 1.54) is 11.8 Å². The lowest BCUT2D eigenvalue weighted by atomic mass is 10.3. The molecule has 0 spiro atoms. The molecule has 0 amide bonds. The number of hydrogen-bond donors (Lipinski definition) is 1. The molecule has 20 heavy (non-hydrogen) atoms. The van der Waals surface area contributed by atoms with E-state index in [9.17, 15) is 0 Å².